The van der Waals surface area contributed by atoms with Crippen LogP contribution in [0.2, 0.25) is 0 Å². The third-order valence-corrected chi connectivity index (χ3v) is 2.41. The average Bonchev–Trinajstić information content (AvgIpc) is 2.19. The molecule has 1 atom stereocenters. The summed E-state index contributed by atoms with van der Waals surface area (Å²) in [5.74, 6) is 0. The normalized spacial score (nSPS) is 23.2. The van der Waals surface area contributed by atoms with E-state index >= 15 is 0 Å². The summed E-state index contributed by atoms with van der Waals surface area (Å²) in [6.45, 7) is 4.68. The van der Waals surface area contributed by atoms with Crippen LogP contribution in [0.4, 0.5) is 0 Å². The number of hydrogen-bond acceptors (Lipinski definition) is 2. The molecule has 1 aliphatic heterocycles. The number of hydrogen-bond donors (Lipinski definition) is 0. The molecule has 1 heterocycles. The molecule has 1 aliphatic rings. The van der Waals surface area contributed by atoms with E-state index in [-0.39, 0.29) is 6.10 Å². The first kappa shape index (κ1) is 10.5. The number of likely N-dealkylation sites (tertiary alicyclic amines) is 1. The van der Waals surface area contributed by atoms with Crippen molar-refractivity contribution in [1.82, 2.24) is 4.90 Å². The third kappa shape index (κ3) is 3.77. The fourth-order valence-corrected chi connectivity index (χ4v) is 1.59. The van der Waals surface area contributed by atoms with Gasteiger partial charge in [0.2, 0.25) is 6.41 Å². The van der Waals surface area contributed by atoms with Crippen molar-refractivity contribution in [3.05, 3.63) is 0 Å². The highest BCUT2D eigenvalue weighted by atomic mass is 16.5. The highest BCUT2D eigenvalue weighted by Crippen LogP contribution is 2.11. The average molecular weight is 185 g/mol. The number of carbonyl (C=O) groups is 1. The van der Waals surface area contributed by atoms with Crippen LogP contribution in [0.3, 0.4) is 0 Å². The summed E-state index contributed by atoms with van der Waals surface area (Å²) < 4.78 is 5.65. The van der Waals surface area contributed by atoms with E-state index in [1.165, 1.54) is 6.42 Å². The molecule has 1 amide bonds. The molecule has 0 spiro atoms. The maximum Gasteiger partial charge on any atom is 0.209 e. The van der Waals surface area contributed by atoms with Gasteiger partial charge in [-0.15, -0.1) is 0 Å². The number of carbonyl (C=O) groups excluding carboxylic acids is 1. The Morgan fingerprint density at radius 1 is 1.62 bits per heavy atom. The molecular weight excluding hydrogens is 166 g/mol. The molecule has 0 N–H and O–H groups in total. The molecule has 0 aromatic carbocycles. The summed E-state index contributed by atoms with van der Waals surface area (Å²) in [6.07, 6.45) is 5.69. The largest absolute Gasteiger partial charge is 0.376 e. The second kappa shape index (κ2) is 5.97. The van der Waals surface area contributed by atoms with Crippen LogP contribution in [0.15, 0.2) is 0 Å². The van der Waals surface area contributed by atoms with Gasteiger partial charge >= 0.3 is 0 Å². The van der Waals surface area contributed by atoms with Crippen LogP contribution in [-0.4, -0.2) is 37.1 Å². The van der Waals surface area contributed by atoms with E-state index in [0.717, 1.165) is 45.4 Å². The SMILES string of the molecule is CCCCO[C@@H]1CCCN(C=O)C1. The van der Waals surface area contributed by atoms with E-state index in [9.17, 15) is 4.79 Å². The van der Waals surface area contributed by atoms with Crippen molar-refractivity contribution in [3.8, 4) is 0 Å². The molecule has 0 saturated carbocycles. The fraction of sp³-hybridized carbons (Fsp3) is 0.900. The zero-order valence-corrected chi connectivity index (χ0v) is 8.37. The van der Waals surface area contributed by atoms with Crippen LogP contribution in [0.5, 0.6) is 0 Å². The summed E-state index contributed by atoms with van der Waals surface area (Å²) in [5.41, 5.74) is 0. The predicted octanol–water partition coefficient (Wildman–Crippen LogP) is 1.42. The molecule has 0 unspecified atom stereocenters. The number of unbranched alkanes of at least 4 members (excludes halogenated alkanes) is 1. The van der Waals surface area contributed by atoms with Gasteiger partial charge < -0.3 is 9.64 Å². The van der Waals surface area contributed by atoms with Crippen LogP contribution >= 0.6 is 0 Å². The van der Waals surface area contributed by atoms with Gasteiger partial charge in [-0.3, -0.25) is 4.79 Å². The van der Waals surface area contributed by atoms with Crippen molar-refractivity contribution in [1.29, 1.82) is 0 Å². The molecule has 0 aromatic rings. The van der Waals surface area contributed by atoms with Crippen LogP contribution in [0, 0.1) is 0 Å². The topological polar surface area (TPSA) is 29.5 Å². The molecule has 3 heteroatoms. The van der Waals surface area contributed by atoms with Gasteiger partial charge in [0.1, 0.15) is 0 Å². The molecule has 0 aromatic heterocycles. The Morgan fingerprint density at radius 3 is 3.15 bits per heavy atom. The van der Waals surface area contributed by atoms with Gasteiger partial charge in [0.15, 0.2) is 0 Å². The van der Waals surface area contributed by atoms with E-state index in [0.29, 0.717) is 0 Å². The first-order chi connectivity index (χ1) is 6.36. The van der Waals surface area contributed by atoms with Crippen molar-refractivity contribution < 1.29 is 9.53 Å². The quantitative estimate of drug-likeness (QED) is 0.479. The van der Waals surface area contributed by atoms with Gasteiger partial charge in [-0.05, 0) is 19.3 Å². The second-order valence-electron chi connectivity index (χ2n) is 3.59. The van der Waals surface area contributed by atoms with Crippen molar-refractivity contribution in [2.45, 2.75) is 38.7 Å². The number of amides is 1. The summed E-state index contributed by atoms with van der Waals surface area (Å²) >= 11 is 0. The second-order valence-corrected chi connectivity index (χ2v) is 3.59. The minimum Gasteiger partial charge on any atom is -0.376 e. The molecule has 1 rings (SSSR count). The Kier molecular flexibility index (Phi) is 4.83. The minimum atomic E-state index is 0.283. The molecule has 0 aliphatic carbocycles. The van der Waals surface area contributed by atoms with Gasteiger partial charge in [0, 0.05) is 19.7 Å². The number of piperidine rings is 1. The monoisotopic (exact) mass is 185 g/mol. The lowest BCUT2D eigenvalue weighted by atomic mass is 10.1. The third-order valence-electron chi connectivity index (χ3n) is 2.41. The maximum atomic E-state index is 10.5. The first-order valence-corrected chi connectivity index (χ1v) is 5.17. The number of nitrogens with zero attached hydrogens (tertiary/aromatic N) is 1. The molecule has 1 saturated heterocycles. The fourth-order valence-electron chi connectivity index (χ4n) is 1.59. The zero-order valence-electron chi connectivity index (χ0n) is 8.37. The molecule has 0 bridgehead atoms. The minimum absolute atomic E-state index is 0.283. The molecule has 0 radical (unpaired) electrons. The molecule has 1 fully saturated rings. The van der Waals surface area contributed by atoms with Gasteiger partial charge in [-0.2, -0.15) is 0 Å². The Bertz CT molecular complexity index is 150. The molecule has 76 valence electrons. The predicted molar refractivity (Wildman–Crippen MR) is 51.5 cm³/mol. The van der Waals surface area contributed by atoms with Gasteiger partial charge in [0.25, 0.3) is 0 Å². The molecule has 3 nitrogen and oxygen atoms in total. The highest BCUT2D eigenvalue weighted by Gasteiger charge is 2.18. The summed E-state index contributed by atoms with van der Waals surface area (Å²) in [4.78, 5) is 12.3. The lowest BCUT2D eigenvalue weighted by Crippen LogP contribution is -2.38. The Morgan fingerprint density at radius 2 is 2.46 bits per heavy atom. The smallest absolute Gasteiger partial charge is 0.209 e. The van der Waals surface area contributed by atoms with Crippen molar-refractivity contribution >= 4 is 6.41 Å². The van der Waals surface area contributed by atoms with Crippen LogP contribution in [0.1, 0.15) is 32.6 Å². The Hall–Kier alpha value is -0.570. The van der Waals surface area contributed by atoms with Gasteiger partial charge in [0.05, 0.1) is 6.10 Å². The summed E-state index contributed by atoms with van der Waals surface area (Å²) in [5, 5.41) is 0. The van der Waals surface area contributed by atoms with Crippen molar-refractivity contribution in [2.24, 2.45) is 0 Å². The van der Waals surface area contributed by atoms with E-state index in [1.54, 1.807) is 4.90 Å². The Labute approximate surface area is 80.1 Å². The lowest BCUT2D eigenvalue weighted by molar-refractivity contribution is -0.122. The summed E-state index contributed by atoms with van der Waals surface area (Å²) in [7, 11) is 0. The highest BCUT2D eigenvalue weighted by molar-refractivity contribution is 5.47. The first-order valence-electron chi connectivity index (χ1n) is 5.17. The van der Waals surface area contributed by atoms with E-state index < -0.39 is 0 Å². The van der Waals surface area contributed by atoms with Crippen LogP contribution in [-0.2, 0) is 9.53 Å². The summed E-state index contributed by atoms with van der Waals surface area (Å²) in [6, 6.07) is 0. The Balaban J connectivity index is 2.14. The van der Waals surface area contributed by atoms with Crippen molar-refractivity contribution in [2.75, 3.05) is 19.7 Å². The van der Waals surface area contributed by atoms with Gasteiger partial charge in [-0.1, -0.05) is 13.3 Å². The van der Waals surface area contributed by atoms with E-state index in [1.807, 2.05) is 0 Å². The van der Waals surface area contributed by atoms with E-state index in [2.05, 4.69) is 6.92 Å². The number of ether oxygens (including phenoxy) is 1. The maximum absolute atomic E-state index is 10.5. The van der Waals surface area contributed by atoms with Crippen molar-refractivity contribution in [3.63, 3.8) is 0 Å². The standard InChI is InChI=1S/C10H19NO2/c1-2-3-7-13-10-5-4-6-11(8-10)9-12/h9-10H,2-8H2,1H3/t10-/m1/s1. The molecule has 13 heavy (non-hydrogen) atoms. The van der Waals surface area contributed by atoms with E-state index in [4.69, 9.17) is 4.74 Å². The number of rotatable bonds is 5. The molecular formula is C10H19NO2. The lowest BCUT2D eigenvalue weighted by Gasteiger charge is -2.29. The van der Waals surface area contributed by atoms with Crippen LogP contribution in [0.25, 0.3) is 0 Å². The van der Waals surface area contributed by atoms with Crippen LogP contribution < -0.4 is 0 Å². The zero-order chi connectivity index (χ0) is 9.52. The van der Waals surface area contributed by atoms with Gasteiger partial charge in [-0.25, -0.2) is 0 Å².